The Morgan fingerprint density at radius 2 is 2.20 bits per heavy atom. The number of alkyl halides is 1. The van der Waals surface area contributed by atoms with Gasteiger partial charge in [0.2, 0.25) is 0 Å². The zero-order valence-electron chi connectivity index (χ0n) is 11.3. The van der Waals surface area contributed by atoms with Crippen molar-refractivity contribution in [2.45, 2.75) is 18.8 Å². The number of halogens is 1. The number of methoxy groups -OCH3 is 1. The maximum Gasteiger partial charge on any atom is 0.146 e. The topological polar surface area (TPSA) is 27.1 Å². The number of benzene rings is 1. The molecule has 0 spiro atoms. The number of fused-ring (bicyclic) bond motifs is 1. The molecule has 5 heteroatoms. The third-order valence-electron chi connectivity index (χ3n) is 3.24. The summed E-state index contributed by atoms with van der Waals surface area (Å²) < 4.78 is 7.56. The van der Waals surface area contributed by atoms with Gasteiger partial charge in [-0.05, 0) is 30.5 Å². The summed E-state index contributed by atoms with van der Waals surface area (Å²) >= 11 is 8.03. The van der Waals surface area contributed by atoms with Crippen LogP contribution in [0.15, 0.2) is 35.7 Å². The summed E-state index contributed by atoms with van der Waals surface area (Å²) in [6.45, 7) is 2.73. The highest BCUT2D eigenvalue weighted by molar-refractivity contribution is 7.09. The van der Waals surface area contributed by atoms with Crippen LogP contribution < -0.4 is 4.74 Å². The van der Waals surface area contributed by atoms with Gasteiger partial charge in [-0.15, -0.1) is 22.9 Å². The number of thiophene rings is 1. The Kier molecular flexibility index (Phi) is 3.68. The lowest BCUT2D eigenvalue weighted by molar-refractivity contribution is 0.419. The highest BCUT2D eigenvalue weighted by atomic mass is 35.5. The quantitative estimate of drug-likeness (QED) is 0.666. The molecule has 104 valence electrons. The van der Waals surface area contributed by atoms with Crippen LogP contribution in [-0.2, 0) is 6.54 Å². The Morgan fingerprint density at radius 1 is 1.35 bits per heavy atom. The lowest BCUT2D eigenvalue weighted by atomic mass is 10.3. The normalized spacial score (nSPS) is 12.8. The van der Waals surface area contributed by atoms with E-state index in [-0.39, 0.29) is 5.38 Å². The zero-order chi connectivity index (χ0) is 14.1. The Hall–Kier alpha value is -1.52. The summed E-state index contributed by atoms with van der Waals surface area (Å²) in [5.74, 6) is 1.66. The molecular formula is C15H15ClN2OS. The van der Waals surface area contributed by atoms with E-state index in [0.717, 1.165) is 29.2 Å². The molecule has 3 rings (SSSR count). The second-order valence-corrected chi connectivity index (χ2v) is 6.27. The fourth-order valence-electron chi connectivity index (χ4n) is 2.33. The van der Waals surface area contributed by atoms with E-state index in [1.54, 1.807) is 18.4 Å². The van der Waals surface area contributed by atoms with E-state index in [1.165, 1.54) is 4.88 Å². The van der Waals surface area contributed by atoms with Gasteiger partial charge in [-0.25, -0.2) is 4.98 Å². The SMILES string of the molecule is COc1cccc2c1nc(C(C)Cl)n2Cc1cccs1. The molecule has 1 atom stereocenters. The zero-order valence-corrected chi connectivity index (χ0v) is 12.9. The summed E-state index contributed by atoms with van der Waals surface area (Å²) in [4.78, 5) is 5.96. The van der Waals surface area contributed by atoms with E-state index in [1.807, 2.05) is 19.1 Å². The van der Waals surface area contributed by atoms with E-state index >= 15 is 0 Å². The Morgan fingerprint density at radius 3 is 2.85 bits per heavy atom. The van der Waals surface area contributed by atoms with Crippen molar-refractivity contribution in [3.63, 3.8) is 0 Å². The molecule has 1 unspecified atom stereocenters. The number of hydrogen-bond donors (Lipinski definition) is 0. The van der Waals surface area contributed by atoms with Crippen molar-refractivity contribution in [2.75, 3.05) is 7.11 Å². The Balaban J connectivity index is 2.19. The lowest BCUT2D eigenvalue weighted by Crippen LogP contribution is -2.04. The number of aromatic nitrogens is 2. The largest absolute Gasteiger partial charge is 0.494 e. The van der Waals surface area contributed by atoms with E-state index in [9.17, 15) is 0 Å². The second kappa shape index (κ2) is 5.46. The van der Waals surface area contributed by atoms with Crippen LogP contribution in [0.25, 0.3) is 11.0 Å². The first kappa shape index (κ1) is 13.5. The van der Waals surface area contributed by atoms with Gasteiger partial charge in [0.05, 0.1) is 24.5 Å². The maximum absolute atomic E-state index is 6.29. The molecule has 3 nitrogen and oxygen atoms in total. The van der Waals surface area contributed by atoms with Crippen LogP contribution in [0.1, 0.15) is 23.0 Å². The van der Waals surface area contributed by atoms with Gasteiger partial charge in [0, 0.05) is 4.88 Å². The minimum atomic E-state index is -0.146. The molecule has 0 fully saturated rings. The van der Waals surface area contributed by atoms with Gasteiger partial charge in [0.25, 0.3) is 0 Å². The fraction of sp³-hybridized carbons (Fsp3) is 0.267. The van der Waals surface area contributed by atoms with Gasteiger partial charge < -0.3 is 9.30 Å². The van der Waals surface area contributed by atoms with Gasteiger partial charge in [0.15, 0.2) is 0 Å². The first-order valence-electron chi connectivity index (χ1n) is 6.40. The third-order valence-corrected chi connectivity index (χ3v) is 4.30. The van der Waals surface area contributed by atoms with Crippen molar-refractivity contribution in [3.05, 3.63) is 46.4 Å². The first-order valence-corrected chi connectivity index (χ1v) is 7.72. The maximum atomic E-state index is 6.29. The highest BCUT2D eigenvalue weighted by Crippen LogP contribution is 2.31. The standard InChI is InChI=1S/C15H15ClN2OS/c1-10(16)15-17-14-12(6-3-7-13(14)19-2)18(15)9-11-5-4-8-20-11/h3-8,10H,9H2,1-2H3. The monoisotopic (exact) mass is 306 g/mol. The molecule has 0 bridgehead atoms. The molecule has 0 radical (unpaired) electrons. The summed E-state index contributed by atoms with van der Waals surface area (Å²) in [5, 5.41) is 1.94. The van der Waals surface area contributed by atoms with Gasteiger partial charge >= 0.3 is 0 Å². The molecule has 0 aliphatic carbocycles. The average Bonchev–Trinajstić information content (AvgIpc) is 3.07. The van der Waals surface area contributed by atoms with Crippen molar-refractivity contribution in [1.82, 2.24) is 9.55 Å². The van der Waals surface area contributed by atoms with Crippen LogP contribution in [0, 0.1) is 0 Å². The highest BCUT2D eigenvalue weighted by Gasteiger charge is 2.17. The van der Waals surface area contributed by atoms with Crippen molar-refractivity contribution < 1.29 is 4.74 Å². The van der Waals surface area contributed by atoms with Crippen LogP contribution in [0.3, 0.4) is 0 Å². The molecule has 0 N–H and O–H groups in total. The van der Waals surface area contributed by atoms with Crippen LogP contribution in [0.4, 0.5) is 0 Å². The smallest absolute Gasteiger partial charge is 0.146 e. The summed E-state index contributed by atoms with van der Waals surface area (Å²) in [6, 6.07) is 10.1. The lowest BCUT2D eigenvalue weighted by Gasteiger charge is -2.09. The molecule has 0 saturated heterocycles. The molecule has 0 aliphatic rings. The molecule has 0 amide bonds. The van der Waals surface area contributed by atoms with E-state index in [0.29, 0.717) is 0 Å². The molecular weight excluding hydrogens is 292 g/mol. The van der Waals surface area contributed by atoms with Gasteiger partial charge in [-0.2, -0.15) is 0 Å². The molecule has 3 aromatic rings. The summed E-state index contributed by atoms with van der Waals surface area (Å²) in [6.07, 6.45) is 0. The predicted molar refractivity (Wildman–Crippen MR) is 84.0 cm³/mol. The molecule has 0 saturated carbocycles. The molecule has 2 aromatic heterocycles. The third kappa shape index (κ3) is 2.30. The molecule has 1 aromatic carbocycles. The molecule has 0 aliphatic heterocycles. The average molecular weight is 307 g/mol. The minimum Gasteiger partial charge on any atom is -0.494 e. The van der Waals surface area contributed by atoms with Crippen LogP contribution in [-0.4, -0.2) is 16.7 Å². The van der Waals surface area contributed by atoms with Crippen LogP contribution in [0.5, 0.6) is 5.75 Å². The van der Waals surface area contributed by atoms with Gasteiger partial charge in [-0.1, -0.05) is 12.1 Å². The summed E-state index contributed by atoms with van der Waals surface area (Å²) in [5.41, 5.74) is 1.93. The van der Waals surface area contributed by atoms with Crippen LogP contribution >= 0.6 is 22.9 Å². The number of ether oxygens (including phenoxy) is 1. The Bertz CT molecular complexity index is 719. The minimum absolute atomic E-state index is 0.146. The first-order chi connectivity index (χ1) is 9.70. The molecule has 20 heavy (non-hydrogen) atoms. The molecule has 2 heterocycles. The van der Waals surface area contributed by atoms with Crippen molar-refractivity contribution in [1.29, 1.82) is 0 Å². The van der Waals surface area contributed by atoms with Crippen LogP contribution in [0.2, 0.25) is 0 Å². The number of hydrogen-bond acceptors (Lipinski definition) is 3. The number of imidazole rings is 1. The number of rotatable bonds is 4. The van der Waals surface area contributed by atoms with Crippen molar-refractivity contribution in [2.24, 2.45) is 0 Å². The summed E-state index contributed by atoms with van der Waals surface area (Å²) in [7, 11) is 1.66. The van der Waals surface area contributed by atoms with Crippen molar-refractivity contribution in [3.8, 4) is 5.75 Å². The number of para-hydroxylation sites is 1. The van der Waals surface area contributed by atoms with Gasteiger partial charge in [0.1, 0.15) is 17.1 Å². The second-order valence-electron chi connectivity index (χ2n) is 4.58. The fourth-order valence-corrected chi connectivity index (χ4v) is 3.19. The van der Waals surface area contributed by atoms with E-state index < -0.39 is 0 Å². The van der Waals surface area contributed by atoms with Gasteiger partial charge in [-0.3, -0.25) is 0 Å². The number of nitrogens with zero attached hydrogens (tertiary/aromatic N) is 2. The predicted octanol–water partition coefficient (Wildman–Crippen LogP) is 4.45. The Labute approximate surface area is 126 Å². The van der Waals surface area contributed by atoms with E-state index in [4.69, 9.17) is 16.3 Å². The van der Waals surface area contributed by atoms with Crippen molar-refractivity contribution >= 4 is 34.0 Å². The van der Waals surface area contributed by atoms with E-state index in [2.05, 4.69) is 33.1 Å².